The monoisotopic (exact) mass is 313 g/mol. The van der Waals surface area contributed by atoms with Crippen LogP contribution in [0.15, 0.2) is 0 Å². The smallest absolute Gasteiger partial charge is 0.317 e. The zero-order chi connectivity index (χ0) is 14.9. The molecule has 21 heavy (non-hydrogen) atoms. The average Bonchev–Trinajstić information content (AvgIpc) is 2.52. The molecule has 0 spiro atoms. The standard InChI is InChI=1S/C15H27N3O2S/c1-15(2)12(11-13(15)17-3-7-20-8-4-17)16-14(19)18-5-9-21-10-6-18/h12-13H,3-11H2,1-2H3,(H,16,19). The Hall–Kier alpha value is -0.460. The van der Waals surface area contributed by atoms with Crippen LogP contribution in [0.4, 0.5) is 4.79 Å². The molecule has 1 aliphatic carbocycles. The van der Waals surface area contributed by atoms with Gasteiger partial charge in [-0.3, -0.25) is 4.90 Å². The van der Waals surface area contributed by atoms with E-state index in [2.05, 4.69) is 24.1 Å². The van der Waals surface area contributed by atoms with Gasteiger partial charge in [-0.05, 0) is 6.42 Å². The number of nitrogens with one attached hydrogen (secondary N) is 1. The van der Waals surface area contributed by atoms with Gasteiger partial charge < -0.3 is 15.0 Å². The van der Waals surface area contributed by atoms with E-state index in [1.54, 1.807) is 0 Å². The predicted octanol–water partition coefficient (Wildman–Crippen LogP) is 1.24. The molecule has 1 N–H and O–H groups in total. The number of carbonyl (C=O) groups is 1. The predicted molar refractivity (Wildman–Crippen MR) is 85.8 cm³/mol. The van der Waals surface area contributed by atoms with Crippen molar-refractivity contribution in [1.82, 2.24) is 15.1 Å². The fourth-order valence-electron chi connectivity index (χ4n) is 3.66. The van der Waals surface area contributed by atoms with E-state index in [1.807, 2.05) is 16.7 Å². The normalized spacial score (nSPS) is 33.3. The Kier molecular flexibility index (Phi) is 4.66. The molecule has 0 aromatic heterocycles. The minimum absolute atomic E-state index is 0.133. The molecular formula is C15H27N3O2S. The van der Waals surface area contributed by atoms with E-state index in [1.165, 1.54) is 0 Å². The lowest BCUT2D eigenvalue weighted by molar-refractivity contribution is -0.0750. The Morgan fingerprint density at radius 2 is 1.86 bits per heavy atom. The van der Waals surface area contributed by atoms with Gasteiger partial charge in [0.15, 0.2) is 0 Å². The Balaban J connectivity index is 1.52. The maximum atomic E-state index is 12.3. The van der Waals surface area contributed by atoms with Crippen molar-refractivity contribution in [2.24, 2.45) is 5.41 Å². The number of urea groups is 1. The van der Waals surface area contributed by atoms with Crippen molar-refractivity contribution < 1.29 is 9.53 Å². The maximum Gasteiger partial charge on any atom is 0.317 e. The topological polar surface area (TPSA) is 44.8 Å². The molecule has 120 valence electrons. The SMILES string of the molecule is CC1(C)C(NC(=O)N2CCSCC2)CC1N1CCOCC1. The zero-order valence-electron chi connectivity index (χ0n) is 13.1. The highest BCUT2D eigenvalue weighted by atomic mass is 32.2. The summed E-state index contributed by atoms with van der Waals surface area (Å²) in [5.41, 5.74) is 0.150. The van der Waals surface area contributed by atoms with Gasteiger partial charge in [0.25, 0.3) is 0 Å². The van der Waals surface area contributed by atoms with Crippen LogP contribution in [0.5, 0.6) is 0 Å². The quantitative estimate of drug-likeness (QED) is 0.833. The van der Waals surface area contributed by atoms with Crippen LogP contribution in [0.2, 0.25) is 0 Å². The molecule has 3 aliphatic rings. The van der Waals surface area contributed by atoms with Crippen molar-refractivity contribution in [3.05, 3.63) is 0 Å². The molecule has 2 amide bonds. The molecule has 0 aromatic rings. The van der Waals surface area contributed by atoms with E-state index < -0.39 is 0 Å². The van der Waals surface area contributed by atoms with Gasteiger partial charge >= 0.3 is 6.03 Å². The minimum atomic E-state index is 0.133. The lowest BCUT2D eigenvalue weighted by Gasteiger charge is -2.57. The van der Waals surface area contributed by atoms with Crippen molar-refractivity contribution in [2.75, 3.05) is 50.9 Å². The van der Waals surface area contributed by atoms with Gasteiger partial charge in [-0.1, -0.05) is 13.8 Å². The highest BCUT2D eigenvalue weighted by Gasteiger charge is 2.51. The molecule has 1 saturated carbocycles. The summed E-state index contributed by atoms with van der Waals surface area (Å²) in [6, 6.07) is 1.00. The summed E-state index contributed by atoms with van der Waals surface area (Å²) in [7, 11) is 0. The largest absolute Gasteiger partial charge is 0.379 e. The number of ether oxygens (including phenoxy) is 1. The lowest BCUT2D eigenvalue weighted by atomic mass is 9.62. The second-order valence-corrected chi connectivity index (χ2v) is 8.05. The van der Waals surface area contributed by atoms with Crippen molar-refractivity contribution in [1.29, 1.82) is 0 Å². The van der Waals surface area contributed by atoms with Crippen LogP contribution in [0.25, 0.3) is 0 Å². The highest BCUT2D eigenvalue weighted by molar-refractivity contribution is 7.99. The first kappa shape index (κ1) is 15.4. The molecule has 6 heteroatoms. The van der Waals surface area contributed by atoms with Gasteiger partial charge in [0.2, 0.25) is 0 Å². The van der Waals surface area contributed by atoms with Gasteiger partial charge in [0, 0.05) is 55.2 Å². The third kappa shape index (κ3) is 3.17. The molecule has 5 nitrogen and oxygen atoms in total. The molecule has 2 saturated heterocycles. The number of morpholine rings is 1. The first-order chi connectivity index (χ1) is 10.1. The zero-order valence-corrected chi connectivity index (χ0v) is 14.0. The number of rotatable bonds is 2. The number of hydrogen-bond acceptors (Lipinski definition) is 4. The van der Waals surface area contributed by atoms with Crippen molar-refractivity contribution in [3.8, 4) is 0 Å². The molecule has 2 aliphatic heterocycles. The van der Waals surface area contributed by atoms with Gasteiger partial charge in [-0.2, -0.15) is 11.8 Å². The van der Waals surface area contributed by atoms with Crippen molar-refractivity contribution >= 4 is 17.8 Å². The van der Waals surface area contributed by atoms with Crippen LogP contribution in [-0.2, 0) is 4.74 Å². The number of amides is 2. The Labute approximate surface area is 131 Å². The minimum Gasteiger partial charge on any atom is -0.379 e. The summed E-state index contributed by atoms with van der Waals surface area (Å²) in [6.45, 7) is 10.1. The Morgan fingerprint density at radius 3 is 2.48 bits per heavy atom. The molecule has 2 atom stereocenters. The molecule has 0 radical (unpaired) electrons. The van der Waals surface area contributed by atoms with Crippen LogP contribution in [0, 0.1) is 5.41 Å². The van der Waals surface area contributed by atoms with E-state index in [0.29, 0.717) is 12.1 Å². The number of thioether (sulfide) groups is 1. The summed E-state index contributed by atoms with van der Waals surface area (Å²) in [5.74, 6) is 2.13. The summed E-state index contributed by atoms with van der Waals surface area (Å²) in [6.07, 6.45) is 1.07. The van der Waals surface area contributed by atoms with Crippen molar-refractivity contribution in [2.45, 2.75) is 32.4 Å². The summed E-state index contributed by atoms with van der Waals surface area (Å²) < 4.78 is 5.44. The van der Waals surface area contributed by atoms with Gasteiger partial charge in [0.1, 0.15) is 0 Å². The average molecular weight is 313 g/mol. The fraction of sp³-hybridized carbons (Fsp3) is 0.933. The van der Waals surface area contributed by atoms with E-state index in [0.717, 1.165) is 57.3 Å². The second-order valence-electron chi connectivity index (χ2n) is 6.82. The second kappa shape index (κ2) is 6.34. The number of hydrogen-bond donors (Lipinski definition) is 1. The van der Waals surface area contributed by atoms with Crippen LogP contribution in [0.1, 0.15) is 20.3 Å². The summed E-state index contributed by atoms with van der Waals surface area (Å²) in [4.78, 5) is 16.8. The molecule has 2 unspecified atom stereocenters. The molecular weight excluding hydrogens is 286 g/mol. The van der Waals surface area contributed by atoms with Gasteiger partial charge in [-0.15, -0.1) is 0 Å². The number of carbonyl (C=O) groups excluding carboxylic acids is 1. The number of nitrogens with zero attached hydrogens (tertiary/aromatic N) is 2. The first-order valence-corrected chi connectivity index (χ1v) is 9.19. The molecule has 0 bridgehead atoms. The third-order valence-electron chi connectivity index (χ3n) is 5.30. The van der Waals surface area contributed by atoms with Crippen LogP contribution < -0.4 is 5.32 Å². The van der Waals surface area contributed by atoms with E-state index in [4.69, 9.17) is 4.74 Å². The van der Waals surface area contributed by atoms with Gasteiger partial charge in [0.05, 0.1) is 13.2 Å². The molecule has 3 fully saturated rings. The van der Waals surface area contributed by atoms with E-state index >= 15 is 0 Å². The molecule has 2 heterocycles. The van der Waals surface area contributed by atoms with Crippen molar-refractivity contribution in [3.63, 3.8) is 0 Å². The highest BCUT2D eigenvalue weighted by Crippen LogP contribution is 2.44. The van der Waals surface area contributed by atoms with Crippen LogP contribution in [0.3, 0.4) is 0 Å². The Bertz CT molecular complexity index is 379. The lowest BCUT2D eigenvalue weighted by Crippen LogP contribution is -2.68. The van der Waals surface area contributed by atoms with E-state index in [9.17, 15) is 4.79 Å². The van der Waals surface area contributed by atoms with Gasteiger partial charge in [-0.25, -0.2) is 4.79 Å². The summed E-state index contributed by atoms with van der Waals surface area (Å²) >= 11 is 1.93. The fourth-order valence-corrected chi connectivity index (χ4v) is 4.57. The Morgan fingerprint density at radius 1 is 1.19 bits per heavy atom. The third-order valence-corrected chi connectivity index (χ3v) is 6.24. The first-order valence-electron chi connectivity index (χ1n) is 8.04. The van der Waals surface area contributed by atoms with Crippen LogP contribution in [-0.4, -0.2) is 78.8 Å². The van der Waals surface area contributed by atoms with E-state index in [-0.39, 0.29) is 11.4 Å². The molecule has 0 aromatic carbocycles. The summed E-state index contributed by atoms with van der Waals surface area (Å²) in [5, 5.41) is 3.27. The molecule has 3 rings (SSSR count). The maximum absolute atomic E-state index is 12.3. The van der Waals surface area contributed by atoms with Crippen LogP contribution >= 0.6 is 11.8 Å².